The summed E-state index contributed by atoms with van der Waals surface area (Å²) < 4.78 is 4.70. The Morgan fingerprint density at radius 1 is 1.22 bits per heavy atom. The molecule has 0 aliphatic carbocycles. The summed E-state index contributed by atoms with van der Waals surface area (Å²) >= 11 is 3.91. The zero-order valence-corrected chi connectivity index (χ0v) is 13.2. The molecule has 0 fully saturated rings. The molecule has 2 aromatic carbocycles. The molecule has 7 heteroatoms. The van der Waals surface area contributed by atoms with Gasteiger partial charge >= 0.3 is 11.9 Å². The first kappa shape index (κ1) is 16.8. The van der Waals surface area contributed by atoms with Crippen molar-refractivity contribution in [3.05, 3.63) is 47.5 Å². The maximum atomic E-state index is 12.6. The van der Waals surface area contributed by atoms with Gasteiger partial charge in [0.2, 0.25) is 0 Å². The predicted molar refractivity (Wildman–Crippen MR) is 88.0 cm³/mol. The second-order valence-electron chi connectivity index (χ2n) is 4.75. The van der Waals surface area contributed by atoms with Gasteiger partial charge in [0.05, 0.1) is 18.2 Å². The Morgan fingerprint density at radius 2 is 1.91 bits per heavy atom. The number of carbonyl (C=O) groups excluding carboxylic acids is 2. The van der Waals surface area contributed by atoms with Gasteiger partial charge in [-0.2, -0.15) is 12.6 Å². The summed E-state index contributed by atoms with van der Waals surface area (Å²) in [6, 6.07) is 9.04. The minimum absolute atomic E-state index is 0.0700. The monoisotopic (exact) mass is 333 g/mol. The van der Waals surface area contributed by atoms with Gasteiger partial charge in [0, 0.05) is 5.75 Å². The van der Waals surface area contributed by atoms with Crippen LogP contribution in [-0.2, 0) is 9.53 Å². The number of methoxy groups -OCH3 is 1. The molecule has 0 radical (unpaired) electrons. The lowest BCUT2D eigenvalue weighted by molar-refractivity contribution is -0.138. The van der Waals surface area contributed by atoms with Gasteiger partial charge in [-0.25, -0.2) is 9.59 Å². The summed E-state index contributed by atoms with van der Waals surface area (Å²) in [6.45, 7) is 0. The molecule has 1 atom stereocenters. The van der Waals surface area contributed by atoms with Crippen molar-refractivity contribution < 1.29 is 24.2 Å². The number of esters is 1. The van der Waals surface area contributed by atoms with E-state index in [9.17, 15) is 14.4 Å². The molecule has 1 amide bonds. The van der Waals surface area contributed by atoms with Crippen molar-refractivity contribution in [1.82, 2.24) is 5.32 Å². The fourth-order valence-corrected chi connectivity index (χ4v) is 2.46. The second kappa shape index (κ2) is 7.15. The normalized spacial score (nSPS) is 11.7. The third kappa shape index (κ3) is 3.45. The number of ether oxygens (including phenoxy) is 1. The van der Waals surface area contributed by atoms with E-state index in [4.69, 9.17) is 9.84 Å². The molecule has 6 nitrogen and oxygen atoms in total. The number of carbonyl (C=O) groups is 3. The van der Waals surface area contributed by atoms with Crippen molar-refractivity contribution in [2.45, 2.75) is 6.04 Å². The van der Waals surface area contributed by atoms with Gasteiger partial charge in [0.1, 0.15) is 6.04 Å². The second-order valence-corrected chi connectivity index (χ2v) is 5.11. The van der Waals surface area contributed by atoms with Crippen molar-refractivity contribution >= 4 is 41.2 Å². The third-order valence-corrected chi connectivity index (χ3v) is 3.71. The SMILES string of the molecule is COC(=O)c1ccc2ccccc2c1C(=O)N[C@@H](CS)C(=O)O. The number of fused-ring (bicyclic) bond motifs is 1. The molecule has 0 heterocycles. The first-order valence-corrected chi connectivity index (χ1v) is 7.37. The van der Waals surface area contributed by atoms with E-state index in [0.717, 1.165) is 5.39 Å². The molecule has 2 N–H and O–H groups in total. The van der Waals surface area contributed by atoms with Crippen LogP contribution in [0.2, 0.25) is 0 Å². The van der Waals surface area contributed by atoms with Gasteiger partial charge in [-0.05, 0) is 16.8 Å². The van der Waals surface area contributed by atoms with Crippen LogP contribution in [0.1, 0.15) is 20.7 Å². The van der Waals surface area contributed by atoms with Gasteiger partial charge < -0.3 is 15.2 Å². The summed E-state index contributed by atoms with van der Waals surface area (Å²) in [5, 5.41) is 12.7. The van der Waals surface area contributed by atoms with Gasteiger partial charge in [0.15, 0.2) is 0 Å². The minimum atomic E-state index is -1.20. The molecule has 0 spiro atoms. The number of rotatable bonds is 5. The zero-order valence-electron chi connectivity index (χ0n) is 12.3. The molecule has 0 saturated heterocycles. The number of carboxylic acid groups (broad SMARTS) is 1. The van der Waals surface area contributed by atoms with Crippen LogP contribution >= 0.6 is 12.6 Å². The van der Waals surface area contributed by atoms with Crippen LogP contribution in [0.3, 0.4) is 0 Å². The predicted octanol–water partition coefficient (Wildman–Crippen LogP) is 1.74. The molecule has 2 aromatic rings. The Morgan fingerprint density at radius 3 is 2.52 bits per heavy atom. The van der Waals surface area contributed by atoms with Gasteiger partial charge in [-0.1, -0.05) is 30.3 Å². The number of benzene rings is 2. The lowest BCUT2D eigenvalue weighted by Gasteiger charge is -2.15. The Bertz CT molecular complexity index is 774. The molecular weight excluding hydrogens is 318 g/mol. The molecule has 0 aliphatic heterocycles. The molecule has 0 unspecified atom stereocenters. The minimum Gasteiger partial charge on any atom is -0.480 e. The number of amides is 1. The number of hydrogen-bond donors (Lipinski definition) is 3. The van der Waals surface area contributed by atoms with Crippen LogP contribution in [0.15, 0.2) is 36.4 Å². The number of aliphatic carboxylic acids is 1. The molecule has 0 aliphatic rings. The van der Waals surface area contributed by atoms with Crippen molar-refractivity contribution in [1.29, 1.82) is 0 Å². The van der Waals surface area contributed by atoms with Crippen LogP contribution in [-0.4, -0.2) is 41.9 Å². The summed E-state index contributed by atoms with van der Waals surface area (Å²) in [4.78, 5) is 35.6. The number of hydrogen-bond acceptors (Lipinski definition) is 5. The zero-order chi connectivity index (χ0) is 17.0. The molecule has 2 rings (SSSR count). The summed E-state index contributed by atoms with van der Waals surface area (Å²) in [6.07, 6.45) is 0. The van der Waals surface area contributed by atoms with Crippen LogP contribution < -0.4 is 5.32 Å². The van der Waals surface area contributed by atoms with Gasteiger partial charge in [-0.15, -0.1) is 0 Å². The van der Waals surface area contributed by atoms with Crippen LogP contribution in [0.25, 0.3) is 10.8 Å². The molecule has 0 saturated carbocycles. The van der Waals surface area contributed by atoms with E-state index in [1.165, 1.54) is 13.2 Å². The standard InChI is InChI=1S/C16H15NO5S/c1-22-16(21)11-7-6-9-4-2-3-5-10(9)13(11)14(18)17-12(8-23)15(19)20/h2-7,12,23H,8H2,1H3,(H,17,18)(H,19,20)/t12-/m0/s1. The quantitative estimate of drug-likeness (QED) is 0.572. The van der Waals surface area contributed by atoms with Crippen LogP contribution in [0, 0.1) is 0 Å². The molecule has 0 aromatic heterocycles. The summed E-state index contributed by atoms with van der Waals surface area (Å²) in [7, 11) is 1.22. The Kier molecular flexibility index (Phi) is 5.23. The fraction of sp³-hybridized carbons (Fsp3) is 0.188. The maximum Gasteiger partial charge on any atom is 0.338 e. The highest BCUT2D eigenvalue weighted by molar-refractivity contribution is 7.80. The van der Waals surface area contributed by atoms with E-state index in [2.05, 4.69) is 17.9 Å². The average Bonchev–Trinajstić information content (AvgIpc) is 2.57. The number of thiol groups is 1. The lowest BCUT2D eigenvalue weighted by Crippen LogP contribution is -2.42. The smallest absolute Gasteiger partial charge is 0.338 e. The van der Waals surface area contributed by atoms with Gasteiger partial charge in [0.25, 0.3) is 5.91 Å². The van der Waals surface area contributed by atoms with Crippen LogP contribution in [0.5, 0.6) is 0 Å². The largest absolute Gasteiger partial charge is 0.480 e. The first-order chi connectivity index (χ1) is 11.0. The first-order valence-electron chi connectivity index (χ1n) is 6.74. The lowest BCUT2D eigenvalue weighted by atomic mass is 9.98. The molecule has 0 bridgehead atoms. The van der Waals surface area contributed by atoms with E-state index in [1.807, 2.05) is 0 Å². The Labute approximate surface area is 137 Å². The van der Waals surface area contributed by atoms with Gasteiger partial charge in [-0.3, -0.25) is 4.79 Å². The van der Waals surface area contributed by atoms with E-state index >= 15 is 0 Å². The molecular formula is C16H15NO5S. The van der Waals surface area contributed by atoms with E-state index < -0.39 is 23.9 Å². The maximum absolute atomic E-state index is 12.6. The summed E-state index contributed by atoms with van der Waals surface area (Å²) in [5.74, 6) is -2.60. The highest BCUT2D eigenvalue weighted by Gasteiger charge is 2.24. The van der Waals surface area contributed by atoms with E-state index in [-0.39, 0.29) is 16.9 Å². The number of nitrogens with one attached hydrogen (secondary N) is 1. The van der Waals surface area contributed by atoms with Crippen LogP contribution in [0.4, 0.5) is 0 Å². The van der Waals surface area contributed by atoms with Crippen molar-refractivity contribution in [2.24, 2.45) is 0 Å². The Balaban J connectivity index is 2.57. The molecule has 120 valence electrons. The van der Waals surface area contributed by atoms with E-state index in [0.29, 0.717) is 5.39 Å². The van der Waals surface area contributed by atoms with Crippen molar-refractivity contribution in [2.75, 3.05) is 12.9 Å². The summed E-state index contributed by atoms with van der Waals surface area (Å²) in [5.41, 5.74) is 0.162. The fourth-order valence-electron chi connectivity index (χ4n) is 2.21. The highest BCUT2D eigenvalue weighted by atomic mass is 32.1. The topological polar surface area (TPSA) is 92.7 Å². The van der Waals surface area contributed by atoms with E-state index in [1.54, 1.807) is 30.3 Å². The number of carboxylic acids is 1. The third-order valence-electron chi connectivity index (χ3n) is 3.35. The van der Waals surface area contributed by atoms with Crippen molar-refractivity contribution in [3.8, 4) is 0 Å². The highest BCUT2D eigenvalue weighted by Crippen LogP contribution is 2.23. The molecule has 23 heavy (non-hydrogen) atoms. The van der Waals surface area contributed by atoms with Crippen molar-refractivity contribution in [3.63, 3.8) is 0 Å². The Hall–Kier alpha value is -2.54. The average molecular weight is 333 g/mol.